The molecule has 0 heterocycles. The molecule has 1 aromatic rings. The van der Waals surface area contributed by atoms with E-state index in [0.29, 0.717) is 19.7 Å². The largest absolute Gasteiger partial charge is 0.380 e. The normalized spacial score (nSPS) is 13.0. The SMILES string of the molecule is COCc1ccccc1CNC(=O)C(CN)CC(C)(C)C. The van der Waals surface area contributed by atoms with Crippen LogP contribution >= 0.6 is 0 Å². The molecule has 0 fully saturated rings. The van der Waals surface area contributed by atoms with Crippen LogP contribution in [0.3, 0.4) is 0 Å². The first kappa shape index (κ1) is 17.7. The van der Waals surface area contributed by atoms with Gasteiger partial charge in [-0.2, -0.15) is 0 Å². The predicted molar refractivity (Wildman–Crippen MR) is 85.6 cm³/mol. The van der Waals surface area contributed by atoms with Crippen LogP contribution in [-0.2, 0) is 22.7 Å². The van der Waals surface area contributed by atoms with Crippen molar-refractivity contribution in [2.75, 3.05) is 13.7 Å². The van der Waals surface area contributed by atoms with Crippen molar-refractivity contribution >= 4 is 5.91 Å². The van der Waals surface area contributed by atoms with E-state index in [9.17, 15) is 4.79 Å². The van der Waals surface area contributed by atoms with Crippen LogP contribution in [0.1, 0.15) is 38.3 Å². The van der Waals surface area contributed by atoms with Gasteiger partial charge in [0.05, 0.1) is 12.5 Å². The molecule has 0 aliphatic rings. The first-order valence-corrected chi connectivity index (χ1v) is 7.41. The Morgan fingerprint density at radius 1 is 1.29 bits per heavy atom. The van der Waals surface area contributed by atoms with Gasteiger partial charge < -0.3 is 15.8 Å². The smallest absolute Gasteiger partial charge is 0.224 e. The Labute approximate surface area is 128 Å². The van der Waals surface area contributed by atoms with Crippen molar-refractivity contribution < 1.29 is 9.53 Å². The number of carbonyl (C=O) groups excluding carboxylic acids is 1. The maximum Gasteiger partial charge on any atom is 0.224 e. The number of benzene rings is 1. The molecule has 1 amide bonds. The number of nitrogens with two attached hydrogens (primary N) is 1. The van der Waals surface area contributed by atoms with Gasteiger partial charge in [-0.25, -0.2) is 0 Å². The summed E-state index contributed by atoms with van der Waals surface area (Å²) in [5, 5.41) is 3.00. The zero-order chi connectivity index (χ0) is 15.9. The van der Waals surface area contributed by atoms with Gasteiger partial charge in [-0.3, -0.25) is 4.79 Å². The van der Waals surface area contributed by atoms with Gasteiger partial charge in [-0.05, 0) is 23.0 Å². The third-order valence-corrected chi connectivity index (χ3v) is 3.39. The van der Waals surface area contributed by atoms with Crippen molar-refractivity contribution in [2.45, 2.75) is 40.3 Å². The summed E-state index contributed by atoms with van der Waals surface area (Å²) in [7, 11) is 1.67. The van der Waals surface area contributed by atoms with Crippen LogP contribution < -0.4 is 11.1 Å². The van der Waals surface area contributed by atoms with E-state index >= 15 is 0 Å². The standard InChI is InChI=1S/C17H28N2O2/c1-17(2,3)9-15(10-18)16(20)19-11-13-7-5-6-8-14(13)12-21-4/h5-8,15H,9-12,18H2,1-4H3,(H,19,20). The fraction of sp³-hybridized carbons (Fsp3) is 0.588. The summed E-state index contributed by atoms with van der Waals surface area (Å²) in [5.41, 5.74) is 8.02. The first-order chi connectivity index (χ1) is 9.87. The molecular formula is C17H28N2O2. The Morgan fingerprint density at radius 2 is 1.90 bits per heavy atom. The number of methoxy groups -OCH3 is 1. The average molecular weight is 292 g/mol. The van der Waals surface area contributed by atoms with Crippen LogP contribution in [0.4, 0.5) is 0 Å². The van der Waals surface area contributed by atoms with Crippen LogP contribution in [-0.4, -0.2) is 19.6 Å². The minimum atomic E-state index is -0.139. The molecule has 21 heavy (non-hydrogen) atoms. The fourth-order valence-electron chi connectivity index (χ4n) is 2.38. The summed E-state index contributed by atoms with van der Waals surface area (Å²) < 4.78 is 5.18. The van der Waals surface area contributed by atoms with Crippen molar-refractivity contribution in [1.82, 2.24) is 5.32 Å². The third kappa shape index (κ3) is 6.27. The molecule has 3 N–H and O–H groups in total. The van der Waals surface area contributed by atoms with E-state index < -0.39 is 0 Å². The van der Waals surface area contributed by atoms with Gasteiger partial charge in [0, 0.05) is 20.2 Å². The molecular weight excluding hydrogens is 264 g/mol. The van der Waals surface area contributed by atoms with E-state index in [1.54, 1.807) is 7.11 Å². The molecule has 4 heteroatoms. The predicted octanol–water partition coefficient (Wildman–Crippen LogP) is 2.46. The summed E-state index contributed by atoms with van der Waals surface area (Å²) in [6.07, 6.45) is 0.787. The topological polar surface area (TPSA) is 64.3 Å². The van der Waals surface area contributed by atoms with E-state index in [0.717, 1.165) is 17.5 Å². The van der Waals surface area contributed by atoms with Crippen molar-refractivity contribution in [2.24, 2.45) is 17.1 Å². The number of hydrogen-bond acceptors (Lipinski definition) is 3. The molecule has 0 saturated heterocycles. The average Bonchev–Trinajstić information content (AvgIpc) is 2.43. The van der Waals surface area contributed by atoms with Crippen molar-refractivity contribution in [1.29, 1.82) is 0 Å². The summed E-state index contributed by atoms with van der Waals surface area (Å²) >= 11 is 0. The van der Waals surface area contributed by atoms with Crippen molar-refractivity contribution in [3.8, 4) is 0 Å². The van der Waals surface area contributed by atoms with Gasteiger partial charge in [0.1, 0.15) is 0 Å². The number of nitrogens with one attached hydrogen (secondary N) is 1. The molecule has 0 spiro atoms. The third-order valence-electron chi connectivity index (χ3n) is 3.39. The second kappa shape index (κ2) is 8.15. The monoisotopic (exact) mass is 292 g/mol. The quantitative estimate of drug-likeness (QED) is 0.811. The van der Waals surface area contributed by atoms with Gasteiger partial charge >= 0.3 is 0 Å². The lowest BCUT2D eigenvalue weighted by molar-refractivity contribution is -0.125. The van der Waals surface area contributed by atoms with Crippen molar-refractivity contribution in [3.63, 3.8) is 0 Å². The first-order valence-electron chi connectivity index (χ1n) is 7.41. The highest BCUT2D eigenvalue weighted by Crippen LogP contribution is 2.24. The van der Waals surface area contributed by atoms with E-state index in [4.69, 9.17) is 10.5 Å². The van der Waals surface area contributed by atoms with Crippen molar-refractivity contribution in [3.05, 3.63) is 35.4 Å². The molecule has 0 radical (unpaired) electrons. The molecule has 0 saturated carbocycles. The van der Waals surface area contributed by atoms with Gasteiger partial charge in [-0.15, -0.1) is 0 Å². The van der Waals surface area contributed by atoms with E-state index in [-0.39, 0.29) is 17.2 Å². The maximum atomic E-state index is 12.3. The maximum absolute atomic E-state index is 12.3. The molecule has 4 nitrogen and oxygen atoms in total. The number of carbonyl (C=O) groups is 1. The summed E-state index contributed by atoms with van der Waals surface area (Å²) in [4.78, 5) is 12.3. The van der Waals surface area contributed by atoms with Gasteiger partial charge in [0.25, 0.3) is 0 Å². The number of hydrogen-bond donors (Lipinski definition) is 2. The number of rotatable bonds is 7. The lowest BCUT2D eigenvalue weighted by Gasteiger charge is -2.24. The van der Waals surface area contributed by atoms with Crippen LogP contribution in [0.25, 0.3) is 0 Å². The highest BCUT2D eigenvalue weighted by Gasteiger charge is 2.23. The van der Waals surface area contributed by atoms with Crippen LogP contribution in [0.2, 0.25) is 0 Å². The minimum Gasteiger partial charge on any atom is -0.380 e. The van der Waals surface area contributed by atoms with E-state index in [1.807, 2.05) is 24.3 Å². The minimum absolute atomic E-state index is 0.0274. The van der Waals surface area contributed by atoms with Gasteiger partial charge in [0.2, 0.25) is 5.91 Å². The zero-order valence-electron chi connectivity index (χ0n) is 13.6. The molecule has 1 atom stereocenters. The van der Waals surface area contributed by atoms with Crippen LogP contribution in [0, 0.1) is 11.3 Å². The lowest BCUT2D eigenvalue weighted by Crippen LogP contribution is -2.37. The Morgan fingerprint density at radius 3 is 2.43 bits per heavy atom. The van der Waals surface area contributed by atoms with Gasteiger partial charge in [0.15, 0.2) is 0 Å². The molecule has 118 valence electrons. The highest BCUT2D eigenvalue weighted by atomic mass is 16.5. The molecule has 1 aromatic carbocycles. The highest BCUT2D eigenvalue weighted by molar-refractivity contribution is 5.78. The second-order valence-corrected chi connectivity index (χ2v) is 6.62. The molecule has 1 unspecified atom stereocenters. The number of amides is 1. The zero-order valence-corrected chi connectivity index (χ0v) is 13.6. The molecule has 0 aliphatic carbocycles. The fourth-order valence-corrected chi connectivity index (χ4v) is 2.38. The Bertz CT molecular complexity index is 452. The summed E-state index contributed by atoms with van der Waals surface area (Å²) in [5.74, 6) is -0.112. The lowest BCUT2D eigenvalue weighted by atomic mass is 9.84. The summed E-state index contributed by atoms with van der Waals surface area (Å²) in [6, 6.07) is 7.97. The Hall–Kier alpha value is -1.39. The van der Waals surface area contributed by atoms with E-state index in [2.05, 4.69) is 26.1 Å². The number of ether oxygens (including phenoxy) is 1. The molecule has 0 bridgehead atoms. The molecule has 0 aromatic heterocycles. The molecule has 1 rings (SSSR count). The Balaban J connectivity index is 2.63. The second-order valence-electron chi connectivity index (χ2n) is 6.62. The van der Waals surface area contributed by atoms with Crippen LogP contribution in [0.5, 0.6) is 0 Å². The summed E-state index contributed by atoms with van der Waals surface area (Å²) in [6.45, 7) is 7.81. The molecule has 0 aliphatic heterocycles. The Kier molecular flexibility index (Phi) is 6.85. The van der Waals surface area contributed by atoms with Crippen LogP contribution in [0.15, 0.2) is 24.3 Å². The van der Waals surface area contributed by atoms with E-state index in [1.165, 1.54) is 0 Å². The van der Waals surface area contributed by atoms with Gasteiger partial charge in [-0.1, -0.05) is 45.0 Å².